The topological polar surface area (TPSA) is 82.1 Å². The van der Waals surface area contributed by atoms with Crippen LogP contribution in [0.2, 0.25) is 0 Å². The molecule has 1 fully saturated rings. The highest BCUT2D eigenvalue weighted by molar-refractivity contribution is 5.67. The molecule has 6 heteroatoms. The van der Waals surface area contributed by atoms with Crippen LogP contribution < -0.4 is 0 Å². The van der Waals surface area contributed by atoms with Crippen molar-refractivity contribution >= 4 is 11.9 Å². The van der Waals surface area contributed by atoms with Gasteiger partial charge < -0.3 is 19.3 Å². The second-order valence-electron chi connectivity index (χ2n) is 4.33. The van der Waals surface area contributed by atoms with Crippen LogP contribution in [0.15, 0.2) is 12.2 Å². The summed E-state index contributed by atoms with van der Waals surface area (Å²) in [7, 11) is 0. The Kier molecular flexibility index (Phi) is 4.86. The lowest BCUT2D eigenvalue weighted by Gasteiger charge is -2.38. The van der Waals surface area contributed by atoms with E-state index in [0.717, 1.165) is 0 Å². The van der Waals surface area contributed by atoms with Crippen LogP contribution in [0.1, 0.15) is 27.2 Å². The van der Waals surface area contributed by atoms with Gasteiger partial charge in [0.15, 0.2) is 6.10 Å². The molecule has 0 spiro atoms. The van der Waals surface area contributed by atoms with E-state index in [9.17, 15) is 14.7 Å². The van der Waals surface area contributed by atoms with Crippen LogP contribution in [-0.4, -0.2) is 41.6 Å². The molecule has 0 bridgehead atoms. The fraction of sp³-hybridized carbons (Fsp3) is 0.667. The predicted molar refractivity (Wildman–Crippen MR) is 61.4 cm³/mol. The van der Waals surface area contributed by atoms with Gasteiger partial charge in [-0.3, -0.25) is 9.59 Å². The average Bonchev–Trinajstić information content (AvgIpc) is 2.21. The molecule has 0 radical (unpaired) electrons. The van der Waals surface area contributed by atoms with Crippen LogP contribution in [-0.2, 0) is 23.8 Å². The molecule has 0 aromatic rings. The summed E-state index contributed by atoms with van der Waals surface area (Å²) in [6.45, 7) is 7.90. The monoisotopic (exact) mass is 258 g/mol. The van der Waals surface area contributed by atoms with E-state index in [1.165, 1.54) is 13.8 Å². The summed E-state index contributed by atoms with van der Waals surface area (Å²) in [5, 5.41) is 9.93. The summed E-state index contributed by atoms with van der Waals surface area (Å²) >= 11 is 0. The Bertz CT molecular complexity index is 350. The molecule has 1 aliphatic rings. The maximum atomic E-state index is 11.0. The van der Waals surface area contributed by atoms with Crippen LogP contribution in [0.25, 0.3) is 0 Å². The van der Waals surface area contributed by atoms with Crippen LogP contribution in [0.4, 0.5) is 0 Å². The van der Waals surface area contributed by atoms with Gasteiger partial charge in [-0.2, -0.15) is 0 Å². The lowest BCUT2D eigenvalue weighted by molar-refractivity contribution is -0.258. The highest BCUT2D eigenvalue weighted by atomic mass is 16.7. The normalized spacial score (nSPS) is 31.6. The number of esters is 2. The second-order valence-corrected chi connectivity index (χ2v) is 4.33. The summed E-state index contributed by atoms with van der Waals surface area (Å²) in [5.41, 5.74) is 0.701. The summed E-state index contributed by atoms with van der Waals surface area (Å²) in [6, 6.07) is 0. The third-order valence-electron chi connectivity index (χ3n) is 2.54. The molecule has 1 heterocycles. The molecule has 102 valence electrons. The van der Waals surface area contributed by atoms with Crippen LogP contribution >= 0.6 is 0 Å². The molecule has 0 aromatic carbocycles. The van der Waals surface area contributed by atoms with Crippen molar-refractivity contribution in [2.45, 2.75) is 51.8 Å². The summed E-state index contributed by atoms with van der Waals surface area (Å²) < 4.78 is 15.3. The smallest absolute Gasteiger partial charge is 0.305 e. The highest BCUT2D eigenvalue weighted by Gasteiger charge is 2.42. The zero-order valence-electron chi connectivity index (χ0n) is 10.7. The number of carbonyl (C=O) groups is 2. The first kappa shape index (κ1) is 14.7. The number of hydrogen-bond donors (Lipinski definition) is 1. The molecule has 2 unspecified atom stereocenters. The Morgan fingerprint density at radius 3 is 2.22 bits per heavy atom. The summed E-state index contributed by atoms with van der Waals surface area (Å²) in [6.07, 6.45) is -3.28. The van der Waals surface area contributed by atoms with Crippen molar-refractivity contribution in [2.24, 2.45) is 0 Å². The van der Waals surface area contributed by atoms with Gasteiger partial charge in [-0.05, 0) is 6.92 Å². The average molecular weight is 258 g/mol. The van der Waals surface area contributed by atoms with E-state index in [1.807, 2.05) is 0 Å². The molecular formula is C12H18O6. The van der Waals surface area contributed by atoms with E-state index in [0.29, 0.717) is 5.57 Å². The first-order chi connectivity index (χ1) is 8.31. The number of hydrogen-bond acceptors (Lipinski definition) is 6. The van der Waals surface area contributed by atoms with Crippen molar-refractivity contribution < 1.29 is 28.9 Å². The molecule has 1 aliphatic heterocycles. The van der Waals surface area contributed by atoms with E-state index < -0.39 is 36.5 Å². The molecule has 0 aromatic heterocycles. The van der Waals surface area contributed by atoms with Gasteiger partial charge in [-0.25, -0.2) is 0 Å². The lowest BCUT2D eigenvalue weighted by Crippen LogP contribution is -2.52. The van der Waals surface area contributed by atoms with Crippen molar-refractivity contribution in [3.8, 4) is 0 Å². The van der Waals surface area contributed by atoms with Gasteiger partial charge in [-0.1, -0.05) is 12.2 Å². The van der Waals surface area contributed by atoms with Crippen LogP contribution in [0.3, 0.4) is 0 Å². The van der Waals surface area contributed by atoms with E-state index in [1.54, 1.807) is 6.92 Å². The molecule has 1 saturated heterocycles. The van der Waals surface area contributed by atoms with Crippen molar-refractivity contribution in [1.29, 1.82) is 0 Å². The van der Waals surface area contributed by atoms with Gasteiger partial charge in [0, 0.05) is 20.3 Å². The third-order valence-corrected chi connectivity index (χ3v) is 2.54. The Morgan fingerprint density at radius 2 is 1.78 bits per heavy atom. The first-order valence-corrected chi connectivity index (χ1v) is 5.64. The number of carbonyl (C=O) groups excluding carboxylic acids is 2. The maximum absolute atomic E-state index is 11.0. The molecule has 18 heavy (non-hydrogen) atoms. The zero-order chi connectivity index (χ0) is 13.9. The molecule has 1 rings (SSSR count). The SMILES string of the molecule is C=C(C)C1C[C@@H](O)[C@H](OC(C)=O)C(OC(C)=O)O1. The zero-order valence-corrected chi connectivity index (χ0v) is 10.7. The van der Waals surface area contributed by atoms with Gasteiger partial charge in [0.05, 0.1) is 6.10 Å². The number of aliphatic hydroxyl groups excluding tert-OH is 1. The van der Waals surface area contributed by atoms with E-state index in [2.05, 4.69) is 6.58 Å². The minimum Gasteiger partial charge on any atom is -0.453 e. The van der Waals surface area contributed by atoms with Crippen LogP contribution in [0, 0.1) is 0 Å². The second kappa shape index (κ2) is 5.97. The predicted octanol–water partition coefficient (Wildman–Crippen LogP) is 0.533. The molecule has 0 aliphatic carbocycles. The Balaban J connectivity index is 2.82. The van der Waals surface area contributed by atoms with Gasteiger partial charge in [-0.15, -0.1) is 0 Å². The Labute approximate surface area is 106 Å². The van der Waals surface area contributed by atoms with Gasteiger partial charge in [0.2, 0.25) is 6.29 Å². The molecule has 6 nitrogen and oxygen atoms in total. The van der Waals surface area contributed by atoms with Gasteiger partial charge >= 0.3 is 11.9 Å². The fourth-order valence-corrected chi connectivity index (χ4v) is 1.73. The van der Waals surface area contributed by atoms with Gasteiger partial charge in [0.1, 0.15) is 6.10 Å². The van der Waals surface area contributed by atoms with Crippen molar-refractivity contribution in [1.82, 2.24) is 0 Å². The molecule has 0 amide bonds. The van der Waals surface area contributed by atoms with Crippen LogP contribution in [0.5, 0.6) is 0 Å². The number of rotatable bonds is 3. The minimum absolute atomic E-state index is 0.241. The van der Waals surface area contributed by atoms with Gasteiger partial charge in [0.25, 0.3) is 0 Å². The van der Waals surface area contributed by atoms with E-state index in [4.69, 9.17) is 14.2 Å². The van der Waals surface area contributed by atoms with Crippen molar-refractivity contribution in [3.63, 3.8) is 0 Å². The third kappa shape index (κ3) is 3.82. The summed E-state index contributed by atoms with van der Waals surface area (Å²) in [5.74, 6) is -1.15. The lowest BCUT2D eigenvalue weighted by atomic mass is 9.98. The Hall–Kier alpha value is -1.40. The molecular weight excluding hydrogens is 240 g/mol. The maximum Gasteiger partial charge on any atom is 0.305 e. The van der Waals surface area contributed by atoms with Crippen molar-refractivity contribution in [3.05, 3.63) is 12.2 Å². The number of aliphatic hydroxyl groups is 1. The first-order valence-electron chi connectivity index (χ1n) is 5.64. The number of ether oxygens (including phenoxy) is 3. The van der Waals surface area contributed by atoms with Crippen molar-refractivity contribution in [2.75, 3.05) is 0 Å². The highest BCUT2D eigenvalue weighted by Crippen LogP contribution is 2.27. The molecule has 1 N–H and O–H groups in total. The Morgan fingerprint density at radius 1 is 1.22 bits per heavy atom. The molecule has 0 saturated carbocycles. The standard InChI is InChI=1S/C12H18O6/c1-6(2)10-5-9(15)11(16-7(3)13)12(18-10)17-8(4)14/h9-12,15H,1,5H2,2-4H3/t9-,10?,11+,12?/m1/s1. The molecule has 4 atom stereocenters. The van der Waals surface area contributed by atoms with E-state index in [-0.39, 0.29) is 6.42 Å². The summed E-state index contributed by atoms with van der Waals surface area (Å²) in [4.78, 5) is 21.9. The van der Waals surface area contributed by atoms with E-state index >= 15 is 0 Å². The minimum atomic E-state index is -1.11. The quantitative estimate of drug-likeness (QED) is 0.587. The largest absolute Gasteiger partial charge is 0.453 e. The fourth-order valence-electron chi connectivity index (χ4n) is 1.73.